The third-order valence-electron chi connectivity index (χ3n) is 3.90. The summed E-state index contributed by atoms with van der Waals surface area (Å²) in [7, 11) is -0.539. The van der Waals surface area contributed by atoms with E-state index in [2.05, 4.69) is 10.1 Å². The van der Waals surface area contributed by atoms with Crippen molar-refractivity contribution in [2.75, 3.05) is 37.2 Å². The molecule has 0 saturated carbocycles. The van der Waals surface area contributed by atoms with E-state index in [0.29, 0.717) is 30.8 Å². The fourth-order valence-electron chi connectivity index (χ4n) is 2.64. The van der Waals surface area contributed by atoms with Crippen LogP contribution in [0, 0.1) is 0 Å². The maximum Gasteiger partial charge on any atom is 0.413 e. The Morgan fingerprint density at radius 1 is 1.29 bits per heavy atom. The smallest absolute Gasteiger partial charge is 0.413 e. The molecular weight excluding hydrogens is 334 g/mol. The van der Waals surface area contributed by atoms with Gasteiger partial charge in [0.15, 0.2) is 0 Å². The predicted octanol–water partition coefficient (Wildman–Crippen LogP) is 1.25. The van der Waals surface area contributed by atoms with Crippen LogP contribution in [-0.2, 0) is 19.6 Å². The number of hydrogen-bond acceptors (Lipinski definition) is 5. The van der Waals surface area contributed by atoms with Crippen molar-refractivity contribution < 1.29 is 22.7 Å². The second-order valence-corrected chi connectivity index (χ2v) is 7.53. The van der Waals surface area contributed by atoms with Crippen LogP contribution in [0.2, 0.25) is 0 Å². The number of ether oxygens (including phenoxy) is 1. The monoisotopic (exact) mass is 355 g/mol. The van der Waals surface area contributed by atoms with Gasteiger partial charge in [-0.05, 0) is 37.1 Å². The quantitative estimate of drug-likeness (QED) is 0.877. The number of anilines is 2. The summed E-state index contributed by atoms with van der Waals surface area (Å²) in [6.45, 7) is 0.361. The Hall–Kier alpha value is -2.13. The van der Waals surface area contributed by atoms with Gasteiger partial charge < -0.3 is 10.1 Å². The van der Waals surface area contributed by atoms with Gasteiger partial charge in [-0.3, -0.25) is 9.69 Å². The Labute approximate surface area is 141 Å². The summed E-state index contributed by atoms with van der Waals surface area (Å²) in [5, 5.41) is 2.72. The molecule has 1 aromatic rings. The van der Waals surface area contributed by atoms with Gasteiger partial charge in [0.05, 0.1) is 13.4 Å². The van der Waals surface area contributed by atoms with Gasteiger partial charge in [0, 0.05) is 25.0 Å². The van der Waals surface area contributed by atoms with E-state index >= 15 is 0 Å². The first kappa shape index (κ1) is 18.2. The molecule has 0 aliphatic carbocycles. The lowest BCUT2D eigenvalue weighted by atomic mass is 10.2. The Bertz CT molecular complexity index is 717. The number of rotatable bonds is 4. The SMILES string of the molecule is COC(=O)N(C)c1ccc(NC(=O)C2CCCN2S(C)(=O)=O)cc1. The van der Waals surface area contributed by atoms with Crippen molar-refractivity contribution in [2.45, 2.75) is 18.9 Å². The molecule has 1 fully saturated rings. The molecule has 1 aliphatic heterocycles. The fraction of sp³-hybridized carbons (Fsp3) is 0.467. The molecule has 132 valence electrons. The molecule has 1 saturated heterocycles. The van der Waals surface area contributed by atoms with Crippen LogP contribution < -0.4 is 10.2 Å². The van der Waals surface area contributed by atoms with Gasteiger partial charge in [0.2, 0.25) is 15.9 Å². The van der Waals surface area contributed by atoms with E-state index in [4.69, 9.17) is 0 Å². The van der Waals surface area contributed by atoms with E-state index in [1.54, 1.807) is 31.3 Å². The minimum atomic E-state index is -3.40. The second-order valence-electron chi connectivity index (χ2n) is 5.60. The highest BCUT2D eigenvalue weighted by Gasteiger charge is 2.36. The van der Waals surface area contributed by atoms with Gasteiger partial charge in [-0.2, -0.15) is 4.31 Å². The van der Waals surface area contributed by atoms with Crippen molar-refractivity contribution in [3.05, 3.63) is 24.3 Å². The first-order chi connectivity index (χ1) is 11.2. The van der Waals surface area contributed by atoms with E-state index in [1.165, 1.54) is 16.3 Å². The number of nitrogens with one attached hydrogen (secondary N) is 1. The third-order valence-corrected chi connectivity index (χ3v) is 5.19. The van der Waals surface area contributed by atoms with Crippen LogP contribution in [0.4, 0.5) is 16.2 Å². The van der Waals surface area contributed by atoms with Crippen molar-refractivity contribution >= 4 is 33.4 Å². The van der Waals surface area contributed by atoms with Crippen molar-refractivity contribution in [3.8, 4) is 0 Å². The highest BCUT2D eigenvalue weighted by atomic mass is 32.2. The summed E-state index contributed by atoms with van der Waals surface area (Å²) in [5.41, 5.74) is 1.14. The summed E-state index contributed by atoms with van der Waals surface area (Å²) in [6, 6.07) is 5.93. The topological polar surface area (TPSA) is 96.0 Å². The first-order valence-corrected chi connectivity index (χ1v) is 9.28. The number of methoxy groups -OCH3 is 1. The summed E-state index contributed by atoms with van der Waals surface area (Å²) in [6.07, 6.45) is 1.77. The standard InChI is InChI=1S/C15H21N3O5S/c1-17(15(20)23-2)12-8-6-11(7-9-12)16-14(19)13-5-4-10-18(13)24(3,21)22/h6-9,13H,4-5,10H2,1-3H3,(H,16,19). The molecule has 2 amide bonds. The number of sulfonamides is 1. The molecular formula is C15H21N3O5S. The fourth-order valence-corrected chi connectivity index (χ4v) is 3.76. The van der Waals surface area contributed by atoms with Crippen LogP contribution in [0.15, 0.2) is 24.3 Å². The third kappa shape index (κ3) is 4.04. The average Bonchev–Trinajstić information content (AvgIpc) is 3.04. The van der Waals surface area contributed by atoms with Gasteiger partial charge >= 0.3 is 6.09 Å². The highest BCUT2D eigenvalue weighted by Crippen LogP contribution is 2.23. The number of carbonyl (C=O) groups excluding carboxylic acids is 2. The van der Waals surface area contributed by atoms with Crippen LogP contribution >= 0.6 is 0 Å². The predicted molar refractivity (Wildman–Crippen MR) is 90.5 cm³/mol. The molecule has 2 rings (SSSR count). The summed E-state index contributed by atoms with van der Waals surface area (Å²) in [4.78, 5) is 25.1. The molecule has 1 atom stereocenters. The van der Waals surface area contributed by atoms with Crippen molar-refractivity contribution in [1.29, 1.82) is 0 Å². The molecule has 1 N–H and O–H groups in total. The Morgan fingerprint density at radius 2 is 1.92 bits per heavy atom. The summed E-state index contributed by atoms with van der Waals surface area (Å²) < 4.78 is 29.3. The van der Waals surface area contributed by atoms with Crippen LogP contribution in [-0.4, -0.2) is 57.7 Å². The van der Waals surface area contributed by atoms with Crippen LogP contribution in [0.3, 0.4) is 0 Å². The van der Waals surface area contributed by atoms with E-state index in [1.807, 2.05) is 0 Å². The number of amides is 2. The van der Waals surface area contributed by atoms with Crippen LogP contribution in [0.5, 0.6) is 0 Å². The van der Waals surface area contributed by atoms with Crippen LogP contribution in [0.25, 0.3) is 0 Å². The minimum Gasteiger partial charge on any atom is -0.452 e. The van der Waals surface area contributed by atoms with Crippen molar-refractivity contribution in [3.63, 3.8) is 0 Å². The zero-order chi connectivity index (χ0) is 17.9. The zero-order valence-electron chi connectivity index (χ0n) is 13.9. The lowest BCUT2D eigenvalue weighted by Gasteiger charge is -2.21. The molecule has 1 unspecified atom stereocenters. The molecule has 0 spiro atoms. The molecule has 1 heterocycles. The van der Waals surface area contributed by atoms with E-state index in [0.717, 1.165) is 6.26 Å². The molecule has 9 heteroatoms. The van der Waals surface area contributed by atoms with Crippen molar-refractivity contribution in [1.82, 2.24) is 4.31 Å². The van der Waals surface area contributed by atoms with Crippen molar-refractivity contribution in [2.24, 2.45) is 0 Å². The molecule has 0 radical (unpaired) electrons. The largest absolute Gasteiger partial charge is 0.452 e. The Kier molecular flexibility index (Phi) is 5.45. The minimum absolute atomic E-state index is 0.355. The van der Waals surface area contributed by atoms with Gasteiger partial charge in [0.25, 0.3) is 0 Å². The molecule has 0 bridgehead atoms. The number of hydrogen-bond donors (Lipinski definition) is 1. The number of carbonyl (C=O) groups is 2. The van der Waals surface area contributed by atoms with Gasteiger partial charge in [-0.1, -0.05) is 0 Å². The number of benzene rings is 1. The summed E-state index contributed by atoms with van der Waals surface area (Å²) >= 11 is 0. The lowest BCUT2D eigenvalue weighted by molar-refractivity contribution is -0.119. The molecule has 24 heavy (non-hydrogen) atoms. The van der Waals surface area contributed by atoms with Gasteiger partial charge in [0.1, 0.15) is 6.04 Å². The van der Waals surface area contributed by atoms with Crippen LogP contribution in [0.1, 0.15) is 12.8 Å². The molecule has 1 aromatic carbocycles. The highest BCUT2D eigenvalue weighted by molar-refractivity contribution is 7.88. The molecule has 0 aromatic heterocycles. The van der Waals surface area contributed by atoms with E-state index < -0.39 is 22.2 Å². The second kappa shape index (κ2) is 7.18. The lowest BCUT2D eigenvalue weighted by Crippen LogP contribution is -2.42. The number of nitrogens with zero attached hydrogens (tertiary/aromatic N) is 2. The van der Waals surface area contributed by atoms with E-state index in [9.17, 15) is 18.0 Å². The zero-order valence-corrected chi connectivity index (χ0v) is 14.7. The summed E-state index contributed by atoms with van der Waals surface area (Å²) in [5.74, 6) is -0.355. The van der Waals surface area contributed by atoms with E-state index in [-0.39, 0.29) is 5.91 Å². The first-order valence-electron chi connectivity index (χ1n) is 7.43. The maximum atomic E-state index is 12.3. The normalized spacial score (nSPS) is 18.2. The maximum absolute atomic E-state index is 12.3. The van der Waals surface area contributed by atoms with Gasteiger partial charge in [-0.25, -0.2) is 13.2 Å². The molecule has 8 nitrogen and oxygen atoms in total. The van der Waals surface area contributed by atoms with Gasteiger partial charge in [-0.15, -0.1) is 0 Å². The molecule has 1 aliphatic rings. The average molecular weight is 355 g/mol. The Morgan fingerprint density at radius 3 is 2.46 bits per heavy atom. The Balaban J connectivity index is 2.06.